The van der Waals surface area contributed by atoms with E-state index in [1.807, 2.05) is 6.92 Å². The molecule has 132 valence electrons. The second-order valence-corrected chi connectivity index (χ2v) is 5.57. The van der Waals surface area contributed by atoms with E-state index in [0.717, 1.165) is 5.56 Å². The van der Waals surface area contributed by atoms with E-state index in [1.165, 1.54) is 18.3 Å². The van der Waals surface area contributed by atoms with Crippen molar-refractivity contribution in [2.24, 2.45) is 5.10 Å². The molecule has 3 aromatic rings. The molecular formula is C18H15N3O5. The third kappa shape index (κ3) is 3.69. The van der Waals surface area contributed by atoms with Crippen molar-refractivity contribution in [2.75, 3.05) is 0 Å². The third-order valence-electron chi connectivity index (χ3n) is 3.65. The van der Waals surface area contributed by atoms with E-state index in [9.17, 15) is 14.9 Å². The fraction of sp³-hybridized carbons (Fsp3) is 0.111. The summed E-state index contributed by atoms with van der Waals surface area (Å²) in [6.07, 6.45) is 1.34. The van der Waals surface area contributed by atoms with Gasteiger partial charge in [-0.25, -0.2) is 5.43 Å². The topological polar surface area (TPSA) is 111 Å². The number of aryl methyl sites for hydroxylation is 2. The van der Waals surface area contributed by atoms with Gasteiger partial charge in [0.2, 0.25) is 0 Å². The van der Waals surface area contributed by atoms with Gasteiger partial charge in [-0.3, -0.25) is 14.9 Å². The van der Waals surface area contributed by atoms with Gasteiger partial charge in [0.05, 0.1) is 11.1 Å². The van der Waals surface area contributed by atoms with Crippen LogP contribution in [0.15, 0.2) is 56.4 Å². The molecule has 8 nitrogen and oxygen atoms in total. The first kappa shape index (κ1) is 17.2. The monoisotopic (exact) mass is 353 g/mol. The molecule has 2 aromatic heterocycles. The molecule has 0 unspecified atom stereocenters. The van der Waals surface area contributed by atoms with Gasteiger partial charge in [-0.2, -0.15) is 5.10 Å². The zero-order valence-corrected chi connectivity index (χ0v) is 14.1. The molecule has 3 rings (SSSR count). The number of non-ortho nitro benzene ring substituents is 1. The summed E-state index contributed by atoms with van der Waals surface area (Å²) >= 11 is 0. The smallest absolute Gasteiger partial charge is 0.307 e. The normalized spacial score (nSPS) is 11.0. The van der Waals surface area contributed by atoms with Crippen LogP contribution >= 0.6 is 0 Å². The van der Waals surface area contributed by atoms with Gasteiger partial charge in [0.15, 0.2) is 5.76 Å². The lowest BCUT2D eigenvalue weighted by atomic mass is 10.1. The SMILES string of the molecule is Cc1ccc(C(=O)N/N=C\c2ccc(-c3cc([N+](=O)[O-])ccc3C)o2)o1. The van der Waals surface area contributed by atoms with Crippen LogP contribution in [0.4, 0.5) is 5.69 Å². The molecule has 1 aromatic carbocycles. The number of hydrogen-bond donors (Lipinski definition) is 1. The maximum atomic E-state index is 11.8. The predicted molar refractivity (Wildman–Crippen MR) is 94.0 cm³/mol. The minimum absolute atomic E-state index is 0.0155. The van der Waals surface area contributed by atoms with Crippen LogP contribution < -0.4 is 5.43 Å². The second kappa shape index (κ2) is 7.06. The maximum Gasteiger partial charge on any atom is 0.307 e. The molecule has 26 heavy (non-hydrogen) atoms. The van der Waals surface area contributed by atoms with Gasteiger partial charge < -0.3 is 8.83 Å². The molecule has 0 aliphatic heterocycles. The van der Waals surface area contributed by atoms with Crippen molar-refractivity contribution < 1.29 is 18.6 Å². The van der Waals surface area contributed by atoms with E-state index >= 15 is 0 Å². The van der Waals surface area contributed by atoms with Gasteiger partial charge >= 0.3 is 5.91 Å². The number of nitrogens with zero attached hydrogens (tertiary/aromatic N) is 2. The summed E-state index contributed by atoms with van der Waals surface area (Å²) in [6.45, 7) is 3.57. The van der Waals surface area contributed by atoms with Crippen LogP contribution in [-0.2, 0) is 0 Å². The Labute approximate surface area is 148 Å². The summed E-state index contributed by atoms with van der Waals surface area (Å²) in [6, 6.07) is 11.1. The molecule has 8 heteroatoms. The summed E-state index contributed by atoms with van der Waals surface area (Å²) < 4.78 is 10.8. The highest BCUT2D eigenvalue weighted by atomic mass is 16.6. The average molecular weight is 353 g/mol. The van der Waals surface area contributed by atoms with E-state index in [1.54, 1.807) is 37.3 Å². The van der Waals surface area contributed by atoms with Gasteiger partial charge in [-0.1, -0.05) is 6.07 Å². The summed E-state index contributed by atoms with van der Waals surface area (Å²) in [5.74, 6) is 1.17. The number of amides is 1. The summed E-state index contributed by atoms with van der Waals surface area (Å²) in [7, 11) is 0. The Morgan fingerprint density at radius 3 is 2.65 bits per heavy atom. The molecule has 0 aliphatic rings. The lowest BCUT2D eigenvalue weighted by Crippen LogP contribution is -2.16. The number of nitro groups is 1. The fourth-order valence-corrected chi connectivity index (χ4v) is 2.32. The first-order valence-corrected chi connectivity index (χ1v) is 7.69. The van der Waals surface area contributed by atoms with Crippen LogP contribution in [0, 0.1) is 24.0 Å². The second-order valence-electron chi connectivity index (χ2n) is 5.57. The summed E-state index contributed by atoms with van der Waals surface area (Å²) in [5.41, 5.74) is 3.78. The van der Waals surface area contributed by atoms with Gasteiger partial charge in [0.1, 0.15) is 17.3 Å². The van der Waals surface area contributed by atoms with Crippen molar-refractivity contribution in [1.29, 1.82) is 0 Å². The maximum absolute atomic E-state index is 11.8. The largest absolute Gasteiger partial charge is 0.456 e. The minimum Gasteiger partial charge on any atom is -0.456 e. The standard InChI is InChI=1S/C18H15N3O5/c1-11-3-5-13(21(23)24)9-15(11)16-8-6-14(26-16)10-19-20-18(22)17-7-4-12(2)25-17/h3-10H,1-2H3,(H,20,22)/b19-10-. The van der Waals surface area contributed by atoms with Gasteiger partial charge in [0, 0.05) is 17.7 Å². The number of benzene rings is 1. The van der Waals surface area contributed by atoms with E-state index < -0.39 is 10.8 Å². The molecule has 0 saturated heterocycles. The number of carbonyl (C=O) groups excluding carboxylic acids is 1. The van der Waals surface area contributed by atoms with Gasteiger partial charge in [-0.05, 0) is 43.7 Å². The molecular weight excluding hydrogens is 338 g/mol. The van der Waals surface area contributed by atoms with Crippen LogP contribution in [0.1, 0.15) is 27.6 Å². The molecule has 0 aliphatic carbocycles. The molecule has 0 saturated carbocycles. The number of furan rings is 2. The van der Waals surface area contributed by atoms with Crippen molar-refractivity contribution in [1.82, 2.24) is 5.43 Å². The molecule has 1 N–H and O–H groups in total. The van der Waals surface area contributed by atoms with Crippen molar-refractivity contribution in [3.63, 3.8) is 0 Å². The van der Waals surface area contributed by atoms with E-state index in [4.69, 9.17) is 8.83 Å². The summed E-state index contributed by atoms with van der Waals surface area (Å²) in [4.78, 5) is 22.3. The number of hydrogen-bond acceptors (Lipinski definition) is 6. The Morgan fingerprint density at radius 1 is 1.15 bits per heavy atom. The van der Waals surface area contributed by atoms with Crippen LogP contribution in [0.5, 0.6) is 0 Å². The zero-order valence-electron chi connectivity index (χ0n) is 14.1. The third-order valence-corrected chi connectivity index (χ3v) is 3.65. The number of nitrogens with one attached hydrogen (secondary N) is 1. The van der Waals surface area contributed by atoms with E-state index in [2.05, 4.69) is 10.5 Å². The van der Waals surface area contributed by atoms with Crippen LogP contribution in [-0.4, -0.2) is 17.0 Å². The molecule has 0 radical (unpaired) electrons. The highest BCUT2D eigenvalue weighted by molar-refractivity contribution is 5.92. The Bertz CT molecular complexity index is 1000. The molecule has 0 bridgehead atoms. The highest BCUT2D eigenvalue weighted by Gasteiger charge is 2.13. The quantitative estimate of drug-likeness (QED) is 0.426. The fourth-order valence-electron chi connectivity index (χ4n) is 2.32. The van der Waals surface area contributed by atoms with Gasteiger partial charge in [-0.15, -0.1) is 0 Å². The zero-order chi connectivity index (χ0) is 18.7. The van der Waals surface area contributed by atoms with Crippen LogP contribution in [0.2, 0.25) is 0 Å². The molecule has 2 heterocycles. The molecule has 0 fully saturated rings. The van der Waals surface area contributed by atoms with Crippen molar-refractivity contribution >= 4 is 17.8 Å². The lowest BCUT2D eigenvalue weighted by molar-refractivity contribution is -0.384. The molecule has 0 atom stereocenters. The average Bonchev–Trinajstić information content (AvgIpc) is 3.24. The van der Waals surface area contributed by atoms with E-state index in [0.29, 0.717) is 22.8 Å². The Hall–Kier alpha value is -3.68. The Balaban J connectivity index is 1.73. The first-order valence-electron chi connectivity index (χ1n) is 7.69. The Morgan fingerprint density at radius 2 is 1.96 bits per heavy atom. The first-order chi connectivity index (χ1) is 12.4. The van der Waals surface area contributed by atoms with Crippen LogP contribution in [0.3, 0.4) is 0 Å². The van der Waals surface area contributed by atoms with Crippen LogP contribution in [0.25, 0.3) is 11.3 Å². The lowest BCUT2D eigenvalue weighted by Gasteiger charge is -2.02. The molecule has 0 spiro atoms. The predicted octanol–water partition coefficient (Wildman–Crippen LogP) is 3.83. The Kier molecular flexibility index (Phi) is 4.66. The van der Waals surface area contributed by atoms with Crippen molar-refractivity contribution in [2.45, 2.75) is 13.8 Å². The number of nitro benzene ring substituents is 1. The van der Waals surface area contributed by atoms with E-state index in [-0.39, 0.29) is 11.4 Å². The molecule has 1 amide bonds. The number of rotatable bonds is 5. The summed E-state index contributed by atoms with van der Waals surface area (Å²) in [5, 5.41) is 14.7. The highest BCUT2D eigenvalue weighted by Crippen LogP contribution is 2.28. The van der Waals surface area contributed by atoms with Gasteiger partial charge in [0.25, 0.3) is 5.69 Å². The number of carbonyl (C=O) groups is 1. The minimum atomic E-state index is -0.476. The number of hydrazone groups is 1. The van der Waals surface area contributed by atoms with Crippen molar-refractivity contribution in [3.05, 3.63) is 75.4 Å². The van der Waals surface area contributed by atoms with Crippen molar-refractivity contribution in [3.8, 4) is 11.3 Å².